The Morgan fingerprint density at radius 1 is 0.735 bits per heavy atom. The highest BCUT2D eigenvalue weighted by Gasteiger charge is 2.25. The van der Waals surface area contributed by atoms with Gasteiger partial charge in [-0.2, -0.15) is 25.3 Å². The fraction of sp³-hybridized carbons (Fsp3) is 0.111. The van der Waals surface area contributed by atoms with Gasteiger partial charge in [0.05, 0.1) is 4.90 Å². The summed E-state index contributed by atoms with van der Waals surface area (Å²) >= 11 is 0. The molecule has 3 aromatic carbocycles. The van der Waals surface area contributed by atoms with Crippen LogP contribution in [0.25, 0.3) is 10.8 Å². The molecule has 182 valence electrons. The van der Waals surface area contributed by atoms with Crippen LogP contribution in [0.15, 0.2) is 55.2 Å². The molecule has 0 spiro atoms. The summed E-state index contributed by atoms with van der Waals surface area (Å²) in [4.78, 5) is -2.38. The number of benzene rings is 3. The highest BCUT2D eigenvalue weighted by molar-refractivity contribution is 7.86. The van der Waals surface area contributed by atoms with Gasteiger partial charge in [0.1, 0.15) is 21.2 Å². The van der Waals surface area contributed by atoms with E-state index in [0.717, 1.165) is 24.3 Å². The molecule has 0 saturated heterocycles. The first-order chi connectivity index (χ1) is 15.4. The standard InChI is InChI=1S/C18H17N3O10S3/c1-8-3-13(14(4-9(8)2)33(26,27)28)20-21-17-15(34(29,30)31)6-10-5-11(32(23,24)25)7-12(19)16(10)18(17)22/h3-7,22H,19H2,1-2H3,(H,23,24,25)(H,26,27,28)(H,29,30,31). The Labute approximate surface area is 193 Å². The smallest absolute Gasteiger partial charge is 0.296 e. The molecule has 0 aliphatic heterocycles. The van der Waals surface area contributed by atoms with Crippen LogP contribution in [0.1, 0.15) is 11.1 Å². The molecule has 3 rings (SSSR count). The summed E-state index contributed by atoms with van der Waals surface area (Å²) in [7, 11) is -14.6. The number of hydrogen-bond donors (Lipinski definition) is 5. The average Bonchev–Trinajstić information content (AvgIpc) is 2.66. The van der Waals surface area contributed by atoms with Gasteiger partial charge in [-0.3, -0.25) is 13.7 Å². The van der Waals surface area contributed by atoms with Crippen LogP contribution in [-0.2, 0) is 30.4 Å². The molecule has 0 aromatic heterocycles. The Morgan fingerprint density at radius 2 is 1.29 bits per heavy atom. The number of fused-ring (bicyclic) bond motifs is 1. The molecule has 0 saturated carbocycles. The number of aromatic hydroxyl groups is 1. The zero-order valence-corrected chi connectivity index (χ0v) is 19.8. The topological polar surface area (TPSA) is 234 Å². The minimum atomic E-state index is -5.10. The number of nitrogen functional groups attached to an aromatic ring is 1. The molecule has 34 heavy (non-hydrogen) atoms. The van der Waals surface area contributed by atoms with Crippen molar-refractivity contribution in [2.45, 2.75) is 28.5 Å². The van der Waals surface area contributed by atoms with E-state index in [1.807, 2.05) is 0 Å². The summed E-state index contributed by atoms with van der Waals surface area (Å²) in [6.07, 6.45) is 0. The van der Waals surface area contributed by atoms with Gasteiger partial charge in [-0.1, -0.05) is 0 Å². The van der Waals surface area contributed by atoms with Crippen LogP contribution in [0.4, 0.5) is 17.1 Å². The van der Waals surface area contributed by atoms with Crippen molar-refractivity contribution in [2.75, 3.05) is 5.73 Å². The van der Waals surface area contributed by atoms with Crippen molar-refractivity contribution in [1.82, 2.24) is 0 Å². The molecule has 0 bridgehead atoms. The molecular formula is C18H17N3O10S3. The van der Waals surface area contributed by atoms with Gasteiger partial charge in [-0.05, 0) is 60.7 Å². The molecule has 0 aliphatic carbocycles. The van der Waals surface area contributed by atoms with Gasteiger partial charge in [-0.25, -0.2) is 0 Å². The van der Waals surface area contributed by atoms with E-state index in [1.165, 1.54) is 6.07 Å². The van der Waals surface area contributed by atoms with Crippen LogP contribution in [0.5, 0.6) is 5.75 Å². The van der Waals surface area contributed by atoms with E-state index in [2.05, 4.69) is 10.2 Å². The molecule has 0 radical (unpaired) electrons. The zero-order chi connectivity index (χ0) is 25.8. The average molecular weight is 532 g/mol. The van der Waals surface area contributed by atoms with Crippen molar-refractivity contribution in [3.8, 4) is 5.75 Å². The highest BCUT2D eigenvalue weighted by Crippen LogP contribution is 2.44. The number of phenols is 1. The molecule has 0 unspecified atom stereocenters. The van der Waals surface area contributed by atoms with Crippen LogP contribution in [0.3, 0.4) is 0 Å². The van der Waals surface area contributed by atoms with Crippen molar-refractivity contribution >= 4 is 58.2 Å². The zero-order valence-electron chi connectivity index (χ0n) is 17.3. The molecule has 0 amide bonds. The normalized spacial score (nSPS) is 13.1. The van der Waals surface area contributed by atoms with Gasteiger partial charge in [-0.15, -0.1) is 10.2 Å². The third-order valence-corrected chi connectivity index (χ3v) is 7.42. The lowest BCUT2D eigenvalue weighted by Crippen LogP contribution is -2.03. The van der Waals surface area contributed by atoms with E-state index in [9.17, 15) is 44.0 Å². The summed E-state index contributed by atoms with van der Waals surface area (Å²) < 4.78 is 98.7. The second kappa shape index (κ2) is 8.26. The number of anilines is 1. The predicted octanol–water partition coefficient (Wildman–Crippen LogP) is 2.90. The van der Waals surface area contributed by atoms with Gasteiger partial charge >= 0.3 is 0 Å². The number of nitrogens with two attached hydrogens (primary N) is 1. The van der Waals surface area contributed by atoms with Crippen molar-refractivity contribution in [2.24, 2.45) is 10.2 Å². The second-order valence-corrected chi connectivity index (χ2v) is 11.4. The minimum Gasteiger partial charge on any atom is -0.505 e. The molecular weight excluding hydrogens is 514 g/mol. The largest absolute Gasteiger partial charge is 0.505 e. The Hall–Kier alpha value is -3.15. The Morgan fingerprint density at radius 3 is 1.82 bits per heavy atom. The Bertz CT molecular complexity index is 1710. The van der Waals surface area contributed by atoms with Gasteiger partial charge in [0.2, 0.25) is 0 Å². The van der Waals surface area contributed by atoms with E-state index in [1.54, 1.807) is 13.8 Å². The summed E-state index contributed by atoms with van der Waals surface area (Å²) in [6.45, 7) is 3.17. The van der Waals surface area contributed by atoms with Gasteiger partial charge < -0.3 is 10.8 Å². The van der Waals surface area contributed by atoms with Crippen LogP contribution in [0.2, 0.25) is 0 Å². The quantitative estimate of drug-likeness (QED) is 0.182. The second-order valence-electron chi connectivity index (χ2n) is 7.21. The molecule has 0 aliphatic rings. The molecule has 0 fully saturated rings. The van der Waals surface area contributed by atoms with E-state index in [4.69, 9.17) is 5.73 Å². The number of phenolic OH excluding ortho intramolecular Hbond substituents is 1. The molecule has 0 atom stereocenters. The number of rotatable bonds is 5. The van der Waals surface area contributed by atoms with Crippen molar-refractivity contribution in [1.29, 1.82) is 0 Å². The summed E-state index contributed by atoms with van der Waals surface area (Å²) in [5.41, 5.74) is 5.16. The SMILES string of the molecule is Cc1cc(N=Nc2c(S(=O)(=O)O)cc3cc(S(=O)(=O)O)cc(N)c3c2O)c(S(=O)(=O)O)cc1C. The third-order valence-electron chi connectivity index (χ3n) is 4.84. The maximum Gasteiger partial charge on any atom is 0.296 e. The first kappa shape index (κ1) is 25.5. The molecule has 16 heteroatoms. The molecule has 6 N–H and O–H groups in total. The summed E-state index contributed by atoms with van der Waals surface area (Å²) in [5.74, 6) is -0.939. The fourth-order valence-electron chi connectivity index (χ4n) is 3.10. The van der Waals surface area contributed by atoms with Crippen molar-refractivity contribution in [3.63, 3.8) is 0 Å². The van der Waals surface area contributed by atoms with E-state index < -0.39 is 67.9 Å². The highest BCUT2D eigenvalue weighted by atomic mass is 32.2. The molecule has 0 heterocycles. The fourth-order valence-corrected chi connectivity index (χ4v) is 5.00. The number of azo groups is 1. The van der Waals surface area contributed by atoms with Crippen LogP contribution in [0, 0.1) is 13.8 Å². The van der Waals surface area contributed by atoms with Crippen molar-refractivity contribution in [3.05, 3.63) is 41.5 Å². The number of nitrogens with zero attached hydrogens (tertiary/aromatic N) is 2. The predicted molar refractivity (Wildman–Crippen MR) is 120 cm³/mol. The van der Waals surface area contributed by atoms with E-state index in [0.29, 0.717) is 11.1 Å². The summed E-state index contributed by atoms with van der Waals surface area (Å²) in [5, 5.41) is 17.3. The number of hydrogen-bond acceptors (Lipinski definition) is 10. The first-order valence-corrected chi connectivity index (χ1v) is 13.3. The van der Waals surface area contributed by atoms with Crippen LogP contribution in [-0.4, -0.2) is 44.0 Å². The lowest BCUT2D eigenvalue weighted by atomic mass is 10.1. The number of aryl methyl sites for hydroxylation is 2. The first-order valence-electron chi connectivity index (χ1n) is 8.96. The van der Waals surface area contributed by atoms with E-state index >= 15 is 0 Å². The lowest BCUT2D eigenvalue weighted by molar-refractivity contribution is 0.472. The Balaban J connectivity index is 2.39. The maximum absolute atomic E-state index is 12.0. The Kier molecular flexibility index (Phi) is 6.19. The third kappa shape index (κ3) is 4.86. The van der Waals surface area contributed by atoms with Gasteiger partial charge in [0.25, 0.3) is 30.4 Å². The van der Waals surface area contributed by atoms with Crippen LogP contribution >= 0.6 is 0 Å². The maximum atomic E-state index is 12.0. The molecule has 3 aromatic rings. The van der Waals surface area contributed by atoms with Gasteiger partial charge in [0, 0.05) is 11.1 Å². The monoisotopic (exact) mass is 531 g/mol. The van der Waals surface area contributed by atoms with Crippen molar-refractivity contribution < 1.29 is 44.0 Å². The summed E-state index contributed by atoms with van der Waals surface area (Å²) in [6, 6.07) is 4.67. The van der Waals surface area contributed by atoms with E-state index in [-0.39, 0.29) is 10.8 Å². The lowest BCUT2D eigenvalue weighted by Gasteiger charge is -2.12. The minimum absolute atomic E-state index is 0.288. The van der Waals surface area contributed by atoms with Crippen LogP contribution < -0.4 is 5.73 Å². The van der Waals surface area contributed by atoms with Gasteiger partial charge in [0.15, 0.2) is 5.75 Å². The molecule has 13 nitrogen and oxygen atoms in total.